The zero-order valence-electron chi connectivity index (χ0n) is 12.5. The molecule has 0 aromatic heterocycles. The van der Waals surface area contributed by atoms with Gasteiger partial charge in [0.1, 0.15) is 0 Å². The van der Waals surface area contributed by atoms with Crippen LogP contribution in [0.25, 0.3) is 0 Å². The highest BCUT2D eigenvalue weighted by atomic mass is 79.9. The summed E-state index contributed by atoms with van der Waals surface area (Å²) in [6.45, 7) is 2.28. The van der Waals surface area contributed by atoms with Gasteiger partial charge in [-0.3, -0.25) is 9.59 Å². The second-order valence-electron chi connectivity index (χ2n) is 4.92. The Kier molecular flexibility index (Phi) is 6.05. The van der Waals surface area contributed by atoms with Crippen LogP contribution < -0.4 is 10.7 Å². The molecule has 0 atom stereocenters. The molecule has 0 saturated heterocycles. The molecule has 6 heteroatoms. The SMILES string of the molecule is Cc1ccc(CNC(=O)C(=O)N/N=C\c2ccc(Br)cc2)cc1. The minimum absolute atomic E-state index is 0.295. The minimum Gasteiger partial charge on any atom is -0.344 e. The maximum absolute atomic E-state index is 11.7. The Morgan fingerprint density at radius 2 is 1.70 bits per heavy atom. The standard InChI is InChI=1S/C17H16BrN3O2/c1-12-2-4-13(5-3-12)10-19-16(22)17(23)21-20-11-14-6-8-15(18)9-7-14/h2-9,11H,10H2,1H3,(H,19,22)(H,21,23)/b20-11-. The lowest BCUT2D eigenvalue weighted by molar-refractivity contribution is -0.139. The summed E-state index contributed by atoms with van der Waals surface area (Å²) < 4.78 is 0.953. The number of halogens is 1. The second kappa shape index (κ2) is 8.24. The molecule has 2 aromatic rings. The number of carbonyl (C=O) groups is 2. The molecule has 0 spiro atoms. The van der Waals surface area contributed by atoms with Crippen molar-refractivity contribution in [2.45, 2.75) is 13.5 Å². The molecule has 0 radical (unpaired) electrons. The molecule has 0 saturated carbocycles. The molecule has 5 nitrogen and oxygen atoms in total. The zero-order chi connectivity index (χ0) is 16.7. The van der Waals surface area contributed by atoms with Crippen molar-refractivity contribution in [3.63, 3.8) is 0 Å². The van der Waals surface area contributed by atoms with E-state index in [9.17, 15) is 9.59 Å². The fourth-order valence-electron chi connectivity index (χ4n) is 1.73. The molecule has 0 fully saturated rings. The number of nitrogens with one attached hydrogen (secondary N) is 2. The van der Waals surface area contributed by atoms with Crippen LogP contribution in [-0.2, 0) is 16.1 Å². The third-order valence-corrected chi connectivity index (χ3v) is 3.56. The largest absolute Gasteiger partial charge is 0.344 e. The first-order valence-corrected chi connectivity index (χ1v) is 7.76. The number of carbonyl (C=O) groups excluding carboxylic acids is 2. The highest BCUT2D eigenvalue weighted by Crippen LogP contribution is 2.08. The first-order valence-electron chi connectivity index (χ1n) is 6.97. The van der Waals surface area contributed by atoms with Crippen molar-refractivity contribution < 1.29 is 9.59 Å². The molecule has 0 bridgehead atoms. The van der Waals surface area contributed by atoms with Gasteiger partial charge in [-0.05, 0) is 30.2 Å². The quantitative estimate of drug-likeness (QED) is 0.491. The van der Waals surface area contributed by atoms with Crippen molar-refractivity contribution in [2.75, 3.05) is 0 Å². The second-order valence-corrected chi connectivity index (χ2v) is 5.83. The lowest BCUT2D eigenvalue weighted by Crippen LogP contribution is -2.37. The predicted molar refractivity (Wildman–Crippen MR) is 92.9 cm³/mol. The lowest BCUT2D eigenvalue weighted by Gasteiger charge is -2.04. The normalized spacial score (nSPS) is 10.5. The van der Waals surface area contributed by atoms with E-state index in [-0.39, 0.29) is 0 Å². The smallest absolute Gasteiger partial charge is 0.329 e. The minimum atomic E-state index is -0.800. The summed E-state index contributed by atoms with van der Waals surface area (Å²) in [6.07, 6.45) is 1.47. The maximum atomic E-state index is 11.7. The van der Waals surface area contributed by atoms with Gasteiger partial charge in [0.05, 0.1) is 6.21 Å². The number of aryl methyl sites for hydroxylation is 1. The summed E-state index contributed by atoms with van der Waals surface area (Å²) in [5.74, 6) is -1.52. The van der Waals surface area contributed by atoms with Crippen LogP contribution in [0.1, 0.15) is 16.7 Å². The highest BCUT2D eigenvalue weighted by molar-refractivity contribution is 9.10. The van der Waals surface area contributed by atoms with E-state index in [1.54, 1.807) is 0 Å². The number of hydrogen-bond acceptors (Lipinski definition) is 3. The summed E-state index contributed by atoms with van der Waals surface area (Å²) in [7, 11) is 0. The van der Waals surface area contributed by atoms with E-state index in [1.165, 1.54) is 6.21 Å². The average molecular weight is 374 g/mol. The van der Waals surface area contributed by atoms with Crippen molar-refractivity contribution in [2.24, 2.45) is 5.10 Å². The Balaban J connectivity index is 1.79. The van der Waals surface area contributed by atoms with E-state index in [4.69, 9.17) is 0 Å². The van der Waals surface area contributed by atoms with E-state index in [1.807, 2.05) is 55.5 Å². The number of hydrogen-bond donors (Lipinski definition) is 2. The Labute approximate surface area is 142 Å². The van der Waals surface area contributed by atoms with Gasteiger partial charge in [-0.25, -0.2) is 5.43 Å². The van der Waals surface area contributed by atoms with E-state index in [0.717, 1.165) is 21.2 Å². The fraction of sp³-hybridized carbons (Fsp3) is 0.118. The van der Waals surface area contributed by atoms with Gasteiger partial charge in [-0.15, -0.1) is 0 Å². The van der Waals surface area contributed by atoms with E-state index in [2.05, 4.69) is 31.8 Å². The van der Waals surface area contributed by atoms with Crippen molar-refractivity contribution in [1.82, 2.24) is 10.7 Å². The van der Waals surface area contributed by atoms with Crippen LogP contribution in [0, 0.1) is 6.92 Å². The Morgan fingerprint density at radius 3 is 2.35 bits per heavy atom. The molecule has 2 amide bonds. The molecule has 0 heterocycles. The van der Waals surface area contributed by atoms with Crippen molar-refractivity contribution in [3.8, 4) is 0 Å². The first-order chi connectivity index (χ1) is 11.0. The van der Waals surface area contributed by atoms with Crippen LogP contribution in [0.3, 0.4) is 0 Å². The topological polar surface area (TPSA) is 70.6 Å². The molecule has 0 aliphatic rings. The van der Waals surface area contributed by atoms with Crippen LogP contribution in [0.4, 0.5) is 0 Å². The summed E-state index contributed by atoms with van der Waals surface area (Å²) in [5.41, 5.74) is 5.08. The van der Waals surface area contributed by atoms with Gasteiger partial charge in [-0.1, -0.05) is 57.9 Å². The molecule has 2 aromatic carbocycles. The molecular formula is C17H16BrN3O2. The molecule has 0 aliphatic carbocycles. The van der Waals surface area contributed by atoms with Gasteiger partial charge in [-0.2, -0.15) is 5.10 Å². The molecular weight excluding hydrogens is 358 g/mol. The van der Waals surface area contributed by atoms with Gasteiger partial charge in [0.2, 0.25) is 0 Å². The summed E-state index contributed by atoms with van der Waals surface area (Å²) in [6, 6.07) is 15.1. The zero-order valence-corrected chi connectivity index (χ0v) is 14.1. The number of rotatable bonds is 4. The van der Waals surface area contributed by atoms with Crippen LogP contribution in [-0.4, -0.2) is 18.0 Å². The van der Waals surface area contributed by atoms with Gasteiger partial charge >= 0.3 is 11.8 Å². The number of benzene rings is 2. The summed E-state index contributed by atoms with van der Waals surface area (Å²) in [4.78, 5) is 23.3. The number of hydrazone groups is 1. The van der Waals surface area contributed by atoms with Crippen LogP contribution in [0.15, 0.2) is 58.1 Å². The van der Waals surface area contributed by atoms with Crippen molar-refractivity contribution in [1.29, 1.82) is 0 Å². The summed E-state index contributed by atoms with van der Waals surface area (Å²) in [5, 5.41) is 6.30. The van der Waals surface area contributed by atoms with E-state index < -0.39 is 11.8 Å². The Bertz CT molecular complexity index is 710. The molecule has 2 N–H and O–H groups in total. The van der Waals surface area contributed by atoms with Crippen LogP contribution in [0.5, 0.6) is 0 Å². The molecule has 0 aliphatic heterocycles. The van der Waals surface area contributed by atoms with Crippen LogP contribution in [0.2, 0.25) is 0 Å². The van der Waals surface area contributed by atoms with Crippen molar-refractivity contribution >= 4 is 34.0 Å². The third kappa shape index (κ3) is 5.67. The van der Waals surface area contributed by atoms with Gasteiger partial charge in [0, 0.05) is 11.0 Å². The average Bonchev–Trinajstić information content (AvgIpc) is 2.55. The summed E-state index contributed by atoms with van der Waals surface area (Å²) >= 11 is 3.33. The number of amides is 2. The van der Waals surface area contributed by atoms with Crippen LogP contribution >= 0.6 is 15.9 Å². The Hall–Kier alpha value is -2.47. The van der Waals surface area contributed by atoms with Gasteiger partial charge < -0.3 is 5.32 Å². The Morgan fingerprint density at radius 1 is 1.04 bits per heavy atom. The molecule has 118 valence electrons. The monoisotopic (exact) mass is 373 g/mol. The van der Waals surface area contributed by atoms with E-state index >= 15 is 0 Å². The van der Waals surface area contributed by atoms with Gasteiger partial charge in [0.25, 0.3) is 0 Å². The van der Waals surface area contributed by atoms with Gasteiger partial charge in [0.15, 0.2) is 0 Å². The molecule has 2 rings (SSSR count). The lowest BCUT2D eigenvalue weighted by atomic mass is 10.1. The maximum Gasteiger partial charge on any atom is 0.329 e. The first kappa shape index (κ1) is 16.9. The third-order valence-electron chi connectivity index (χ3n) is 3.03. The van der Waals surface area contributed by atoms with Crippen molar-refractivity contribution in [3.05, 3.63) is 69.7 Å². The predicted octanol–water partition coefficient (Wildman–Crippen LogP) is 2.52. The van der Waals surface area contributed by atoms with E-state index in [0.29, 0.717) is 6.54 Å². The molecule has 23 heavy (non-hydrogen) atoms. The highest BCUT2D eigenvalue weighted by Gasteiger charge is 2.11. The number of nitrogens with zero attached hydrogens (tertiary/aromatic N) is 1. The molecule has 0 unspecified atom stereocenters. The fourth-order valence-corrected chi connectivity index (χ4v) is 2.00.